The number of nitrogens with two attached hydrogens (primary N) is 2. The van der Waals surface area contributed by atoms with Crippen LogP contribution in [0.15, 0.2) is 69.2 Å². The van der Waals surface area contributed by atoms with Gasteiger partial charge in [0.05, 0.1) is 43.0 Å². The summed E-state index contributed by atoms with van der Waals surface area (Å²) < 4.78 is 50.9. The van der Waals surface area contributed by atoms with Crippen molar-refractivity contribution in [2.24, 2.45) is 4.99 Å². The lowest BCUT2D eigenvalue weighted by Crippen LogP contribution is -2.45. The lowest BCUT2D eigenvalue weighted by Gasteiger charge is -2.28. The molecular formula is C27H23F3N6O3. The third kappa shape index (κ3) is 4.29. The van der Waals surface area contributed by atoms with E-state index in [2.05, 4.69) is 4.99 Å². The van der Waals surface area contributed by atoms with E-state index in [1.165, 1.54) is 31.4 Å². The summed E-state index contributed by atoms with van der Waals surface area (Å²) in [6.07, 6.45) is 0. The number of nitrogens with zero attached hydrogens (tertiary/aromatic N) is 4. The summed E-state index contributed by atoms with van der Waals surface area (Å²) in [7, 11) is 2.98. The van der Waals surface area contributed by atoms with Gasteiger partial charge < -0.3 is 21.1 Å². The number of likely N-dealkylation sites (N-methyl/N-ethyl adjacent to an activating group) is 1. The molecule has 1 aromatic heterocycles. The van der Waals surface area contributed by atoms with Crippen LogP contribution in [-0.4, -0.2) is 35.5 Å². The van der Waals surface area contributed by atoms with E-state index in [1.807, 2.05) is 0 Å². The molecule has 0 spiro atoms. The van der Waals surface area contributed by atoms with Crippen LogP contribution in [0.3, 0.4) is 0 Å². The fraction of sp³-hybridized carbons (Fsp3) is 0.148. The molecule has 1 aliphatic heterocycles. The largest absolute Gasteiger partial charge is 0.494 e. The number of hydrogen-bond acceptors (Lipinski definition) is 7. The predicted molar refractivity (Wildman–Crippen MR) is 143 cm³/mol. The number of nitrogen functional groups attached to an aromatic ring is 2. The number of ether oxygens (including phenoxy) is 1. The van der Waals surface area contributed by atoms with Gasteiger partial charge in [0, 0.05) is 18.3 Å². The van der Waals surface area contributed by atoms with Crippen molar-refractivity contribution in [3.05, 3.63) is 104 Å². The predicted octanol–water partition coefficient (Wildman–Crippen LogP) is 3.21. The summed E-state index contributed by atoms with van der Waals surface area (Å²) in [6.45, 7) is -0.596. The number of methoxy groups -OCH3 is 1. The van der Waals surface area contributed by atoms with E-state index < -0.39 is 46.5 Å². The molecule has 0 atom stereocenters. The van der Waals surface area contributed by atoms with E-state index in [4.69, 9.17) is 16.2 Å². The molecule has 4 aromatic rings. The summed E-state index contributed by atoms with van der Waals surface area (Å²) in [6, 6.07) is 12.2. The number of anilines is 3. The van der Waals surface area contributed by atoms with Crippen molar-refractivity contribution >= 4 is 28.6 Å². The number of aromatic nitrogens is 2. The molecular weight excluding hydrogens is 513 g/mol. The quantitative estimate of drug-likeness (QED) is 0.378. The second kappa shape index (κ2) is 9.71. The summed E-state index contributed by atoms with van der Waals surface area (Å²) >= 11 is 0. The topological polar surface area (TPSA) is 121 Å². The molecule has 0 unspecified atom stereocenters. The first kappa shape index (κ1) is 25.6. The van der Waals surface area contributed by atoms with Gasteiger partial charge in [0.25, 0.3) is 5.56 Å². The second-order valence-electron chi connectivity index (χ2n) is 8.93. The third-order valence-electron chi connectivity index (χ3n) is 6.51. The highest BCUT2D eigenvalue weighted by atomic mass is 19.1. The molecule has 200 valence electrons. The third-order valence-corrected chi connectivity index (χ3v) is 6.51. The Hall–Kier alpha value is -5.00. The number of rotatable bonds is 5. The van der Waals surface area contributed by atoms with Crippen molar-refractivity contribution < 1.29 is 17.9 Å². The monoisotopic (exact) mass is 536 g/mol. The maximum atomic E-state index is 15.3. The van der Waals surface area contributed by atoms with Crippen LogP contribution in [0, 0.1) is 17.5 Å². The maximum absolute atomic E-state index is 15.3. The average molecular weight is 537 g/mol. The van der Waals surface area contributed by atoms with Crippen LogP contribution in [0.1, 0.15) is 11.1 Å². The molecule has 5 rings (SSSR count). The van der Waals surface area contributed by atoms with E-state index in [0.29, 0.717) is 21.6 Å². The Kier molecular flexibility index (Phi) is 6.38. The van der Waals surface area contributed by atoms with E-state index >= 15 is 4.39 Å². The fourth-order valence-electron chi connectivity index (χ4n) is 4.54. The average Bonchev–Trinajstić information content (AvgIpc) is 2.89. The van der Waals surface area contributed by atoms with Gasteiger partial charge in [-0.15, -0.1) is 0 Å². The van der Waals surface area contributed by atoms with Crippen molar-refractivity contribution in [1.82, 2.24) is 9.13 Å². The van der Waals surface area contributed by atoms with E-state index in [-0.39, 0.29) is 29.4 Å². The molecule has 39 heavy (non-hydrogen) atoms. The standard InChI is InChI=1S/C27H23F3N6O3/c1-34-13-19(33-18-10-9-14(31)11-21(18)34)23-25(32)35(12-15-16(28)5-3-6-17(15)29)27(38)36(26(23)37)20-7-4-8-22(39-2)24(20)30/h3-11H,12-13,31-32H2,1-2H3. The number of fused-ring (bicyclic) bond motifs is 1. The van der Waals surface area contributed by atoms with E-state index in [0.717, 1.165) is 16.7 Å². The highest BCUT2D eigenvalue weighted by molar-refractivity contribution is 6.10. The first-order valence-corrected chi connectivity index (χ1v) is 11.7. The second-order valence-corrected chi connectivity index (χ2v) is 8.93. The minimum absolute atomic E-state index is 0.0722. The fourth-order valence-corrected chi connectivity index (χ4v) is 4.54. The number of benzene rings is 3. The van der Waals surface area contributed by atoms with Crippen LogP contribution in [0.2, 0.25) is 0 Å². The number of aliphatic imine (C=N–C) groups is 1. The lowest BCUT2D eigenvalue weighted by molar-refractivity contribution is 0.385. The molecule has 3 aromatic carbocycles. The van der Waals surface area contributed by atoms with Crippen molar-refractivity contribution in [2.75, 3.05) is 37.1 Å². The molecule has 0 radical (unpaired) electrons. The number of hydrogen-bond donors (Lipinski definition) is 2. The molecule has 0 bridgehead atoms. The molecule has 9 nitrogen and oxygen atoms in total. The maximum Gasteiger partial charge on any atom is 0.337 e. The first-order chi connectivity index (χ1) is 18.6. The minimum Gasteiger partial charge on any atom is -0.494 e. The zero-order valence-corrected chi connectivity index (χ0v) is 20.9. The molecule has 4 N–H and O–H groups in total. The van der Waals surface area contributed by atoms with Gasteiger partial charge in [-0.2, -0.15) is 0 Å². The molecule has 0 amide bonds. The van der Waals surface area contributed by atoms with Crippen molar-refractivity contribution in [3.63, 3.8) is 0 Å². The molecule has 12 heteroatoms. The van der Waals surface area contributed by atoms with Gasteiger partial charge in [0.1, 0.15) is 23.0 Å². The van der Waals surface area contributed by atoms with Crippen LogP contribution in [0.25, 0.3) is 5.69 Å². The Morgan fingerprint density at radius 2 is 1.67 bits per heavy atom. The van der Waals surface area contributed by atoms with Gasteiger partial charge in [0.2, 0.25) is 0 Å². The zero-order valence-electron chi connectivity index (χ0n) is 20.9. The molecule has 1 aliphatic rings. The minimum atomic E-state index is -1.10. The van der Waals surface area contributed by atoms with Gasteiger partial charge in [-0.3, -0.25) is 9.36 Å². The van der Waals surface area contributed by atoms with Crippen LogP contribution in [0.4, 0.5) is 36.1 Å². The van der Waals surface area contributed by atoms with Crippen LogP contribution in [-0.2, 0) is 6.54 Å². The normalized spacial score (nSPS) is 12.7. The SMILES string of the molecule is COc1cccc(-n2c(=O)c(C3=Nc4ccc(N)cc4N(C)C3)c(N)n(Cc3c(F)cccc3F)c2=O)c1F. The number of halogens is 3. The van der Waals surface area contributed by atoms with Crippen LogP contribution in [0.5, 0.6) is 5.75 Å². The highest BCUT2D eigenvalue weighted by Gasteiger charge is 2.28. The smallest absolute Gasteiger partial charge is 0.337 e. The molecule has 0 saturated heterocycles. The molecule has 0 aliphatic carbocycles. The van der Waals surface area contributed by atoms with Crippen LogP contribution >= 0.6 is 0 Å². The summed E-state index contributed by atoms with van der Waals surface area (Å²) in [5.41, 5.74) is 10.9. The Morgan fingerprint density at radius 3 is 2.36 bits per heavy atom. The molecule has 2 heterocycles. The van der Waals surface area contributed by atoms with Crippen LogP contribution < -0.4 is 32.4 Å². The zero-order chi connectivity index (χ0) is 28.0. The van der Waals surface area contributed by atoms with Crippen molar-refractivity contribution in [1.29, 1.82) is 0 Å². The van der Waals surface area contributed by atoms with E-state index in [1.54, 1.807) is 30.1 Å². The molecule has 0 fully saturated rings. The van der Waals surface area contributed by atoms with Crippen molar-refractivity contribution in [3.8, 4) is 11.4 Å². The van der Waals surface area contributed by atoms with Gasteiger partial charge >= 0.3 is 5.69 Å². The Labute approximate surface area is 220 Å². The van der Waals surface area contributed by atoms with Gasteiger partial charge in [-0.25, -0.2) is 27.5 Å². The Balaban J connectivity index is 1.83. The first-order valence-electron chi connectivity index (χ1n) is 11.7. The van der Waals surface area contributed by atoms with Crippen molar-refractivity contribution in [2.45, 2.75) is 6.54 Å². The van der Waals surface area contributed by atoms with Gasteiger partial charge in [-0.1, -0.05) is 12.1 Å². The Morgan fingerprint density at radius 1 is 0.974 bits per heavy atom. The molecule has 0 saturated carbocycles. The Bertz CT molecular complexity index is 1760. The highest BCUT2D eigenvalue weighted by Crippen LogP contribution is 2.34. The lowest BCUT2D eigenvalue weighted by atomic mass is 10.1. The van der Waals surface area contributed by atoms with E-state index in [9.17, 15) is 18.4 Å². The summed E-state index contributed by atoms with van der Waals surface area (Å²) in [5.74, 6) is -3.42. The van der Waals surface area contributed by atoms with Gasteiger partial charge in [-0.05, 0) is 42.5 Å². The van der Waals surface area contributed by atoms with Gasteiger partial charge in [0.15, 0.2) is 11.6 Å². The summed E-state index contributed by atoms with van der Waals surface area (Å²) in [5, 5.41) is 0. The summed E-state index contributed by atoms with van der Waals surface area (Å²) in [4.78, 5) is 33.9.